The fourth-order valence-electron chi connectivity index (χ4n) is 1.94. The van der Waals surface area contributed by atoms with Crippen molar-refractivity contribution in [2.24, 2.45) is 5.14 Å². The Morgan fingerprint density at radius 3 is 2.57 bits per heavy atom. The Bertz CT molecular complexity index is 809. The number of halogens is 1. The van der Waals surface area contributed by atoms with Gasteiger partial charge in [-0.25, -0.2) is 18.4 Å². The second-order valence-electron chi connectivity index (χ2n) is 4.83. The number of rotatable bonds is 5. The van der Waals surface area contributed by atoms with E-state index in [-0.39, 0.29) is 10.9 Å². The van der Waals surface area contributed by atoms with Crippen LogP contribution in [0.4, 0.5) is 10.5 Å². The van der Waals surface area contributed by atoms with E-state index in [1.165, 1.54) is 12.1 Å². The van der Waals surface area contributed by atoms with Crippen LogP contribution in [0.3, 0.4) is 0 Å². The number of carbonyl (C=O) groups excluding carboxylic acids is 1. The monoisotopic (exact) mass is 353 g/mol. The van der Waals surface area contributed by atoms with Crippen LogP contribution < -0.4 is 15.8 Å². The van der Waals surface area contributed by atoms with Crippen molar-refractivity contribution in [2.75, 3.05) is 11.9 Å². The standard InChI is InChI=1S/C15H16ClN3O3S/c16-12-4-2-5-13(10-12)19-15(20)18-8-7-11-3-1-6-14(9-11)23(17,21)22/h1-6,9-10H,7-8H2,(H2,17,21,22)(H2,18,19,20). The molecule has 23 heavy (non-hydrogen) atoms. The molecular formula is C15H16ClN3O3S. The van der Waals surface area contributed by atoms with Crippen LogP contribution >= 0.6 is 11.6 Å². The third kappa shape index (κ3) is 5.55. The third-order valence-electron chi connectivity index (χ3n) is 3.01. The van der Waals surface area contributed by atoms with Crippen molar-refractivity contribution in [3.05, 3.63) is 59.1 Å². The Balaban J connectivity index is 1.86. The first-order valence-electron chi connectivity index (χ1n) is 6.77. The van der Waals surface area contributed by atoms with E-state index in [0.717, 1.165) is 5.56 Å². The Morgan fingerprint density at radius 2 is 1.87 bits per heavy atom. The molecule has 2 aromatic rings. The molecule has 0 aliphatic rings. The molecule has 8 heteroatoms. The van der Waals surface area contributed by atoms with Gasteiger partial charge in [-0.1, -0.05) is 29.8 Å². The van der Waals surface area contributed by atoms with Crippen molar-refractivity contribution in [1.29, 1.82) is 0 Å². The average Bonchev–Trinajstić information content (AvgIpc) is 2.46. The topological polar surface area (TPSA) is 101 Å². The lowest BCUT2D eigenvalue weighted by molar-refractivity contribution is 0.252. The van der Waals surface area contributed by atoms with Gasteiger partial charge < -0.3 is 10.6 Å². The number of hydrogen-bond donors (Lipinski definition) is 3. The van der Waals surface area contributed by atoms with E-state index in [1.54, 1.807) is 36.4 Å². The summed E-state index contributed by atoms with van der Waals surface area (Å²) in [6, 6.07) is 12.7. The number of nitrogens with two attached hydrogens (primary N) is 1. The number of urea groups is 1. The lowest BCUT2D eigenvalue weighted by Crippen LogP contribution is -2.30. The first-order chi connectivity index (χ1) is 10.8. The summed E-state index contributed by atoms with van der Waals surface area (Å²) >= 11 is 5.83. The fraction of sp³-hybridized carbons (Fsp3) is 0.133. The zero-order valence-corrected chi connectivity index (χ0v) is 13.7. The van der Waals surface area contributed by atoms with Gasteiger partial charge in [0.15, 0.2) is 0 Å². The van der Waals surface area contributed by atoms with Crippen molar-refractivity contribution in [2.45, 2.75) is 11.3 Å². The van der Waals surface area contributed by atoms with Crippen LogP contribution in [-0.2, 0) is 16.4 Å². The summed E-state index contributed by atoms with van der Waals surface area (Å²) in [6.45, 7) is 0.348. The number of carbonyl (C=O) groups is 1. The minimum absolute atomic E-state index is 0.0541. The molecule has 4 N–H and O–H groups in total. The van der Waals surface area contributed by atoms with E-state index in [0.29, 0.717) is 23.7 Å². The molecule has 2 amide bonds. The zero-order chi connectivity index (χ0) is 16.9. The molecule has 0 heterocycles. The Hall–Kier alpha value is -2.09. The molecule has 0 fully saturated rings. The Kier molecular flexibility index (Phi) is 5.59. The first kappa shape index (κ1) is 17.3. The minimum Gasteiger partial charge on any atom is -0.338 e. The lowest BCUT2D eigenvalue weighted by Gasteiger charge is -2.08. The number of amides is 2. The minimum atomic E-state index is -3.72. The zero-order valence-electron chi connectivity index (χ0n) is 12.1. The highest BCUT2D eigenvalue weighted by atomic mass is 35.5. The van der Waals surface area contributed by atoms with Crippen LogP contribution in [0.15, 0.2) is 53.4 Å². The summed E-state index contributed by atoms with van der Waals surface area (Å²) in [5.74, 6) is 0. The summed E-state index contributed by atoms with van der Waals surface area (Å²) in [4.78, 5) is 11.8. The van der Waals surface area contributed by atoms with Gasteiger partial charge in [0.25, 0.3) is 0 Å². The molecule has 2 rings (SSSR count). The normalized spacial score (nSPS) is 11.0. The van der Waals surface area contributed by atoms with Gasteiger partial charge in [0, 0.05) is 17.3 Å². The molecule has 0 bridgehead atoms. The van der Waals surface area contributed by atoms with Gasteiger partial charge in [-0.15, -0.1) is 0 Å². The van der Waals surface area contributed by atoms with Gasteiger partial charge in [-0.2, -0.15) is 0 Å². The molecule has 0 saturated carbocycles. The molecule has 0 spiro atoms. The van der Waals surface area contributed by atoms with E-state index < -0.39 is 10.0 Å². The van der Waals surface area contributed by atoms with Crippen LogP contribution in [0.5, 0.6) is 0 Å². The Morgan fingerprint density at radius 1 is 1.13 bits per heavy atom. The van der Waals surface area contributed by atoms with Gasteiger partial charge >= 0.3 is 6.03 Å². The molecular weight excluding hydrogens is 338 g/mol. The van der Waals surface area contributed by atoms with Crippen molar-refractivity contribution >= 4 is 33.3 Å². The van der Waals surface area contributed by atoms with Crippen molar-refractivity contribution in [3.63, 3.8) is 0 Å². The van der Waals surface area contributed by atoms with Crippen molar-refractivity contribution in [3.8, 4) is 0 Å². The SMILES string of the molecule is NS(=O)(=O)c1cccc(CCNC(=O)Nc2cccc(Cl)c2)c1. The van der Waals surface area contributed by atoms with Gasteiger partial charge in [-0.3, -0.25) is 0 Å². The summed E-state index contributed by atoms with van der Waals surface area (Å²) in [6.07, 6.45) is 0.478. The molecule has 6 nitrogen and oxygen atoms in total. The summed E-state index contributed by atoms with van der Waals surface area (Å²) in [5.41, 5.74) is 1.35. The molecule has 122 valence electrons. The van der Waals surface area contributed by atoms with E-state index in [9.17, 15) is 13.2 Å². The fourth-order valence-corrected chi connectivity index (χ4v) is 2.71. The maximum Gasteiger partial charge on any atom is 0.319 e. The second kappa shape index (κ2) is 7.45. The number of primary sulfonamides is 1. The number of nitrogens with one attached hydrogen (secondary N) is 2. The number of sulfonamides is 1. The van der Waals surface area contributed by atoms with Gasteiger partial charge in [0.2, 0.25) is 10.0 Å². The predicted octanol–water partition coefficient (Wildman–Crippen LogP) is 2.35. The van der Waals surface area contributed by atoms with Gasteiger partial charge in [0.05, 0.1) is 4.90 Å². The smallest absolute Gasteiger partial charge is 0.319 e. The number of anilines is 1. The quantitative estimate of drug-likeness (QED) is 0.768. The molecule has 0 radical (unpaired) electrons. The Labute approximate surface area is 139 Å². The largest absolute Gasteiger partial charge is 0.338 e. The lowest BCUT2D eigenvalue weighted by atomic mass is 10.1. The highest BCUT2D eigenvalue weighted by molar-refractivity contribution is 7.89. The molecule has 0 atom stereocenters. The van der Waals surface area contributed by atoms with Crippen LogP contribution in [0.2, 0.25) is 5.02 Å². The maximum atomic E-state index is 11.8. The maximum absolute atomic E-state index is 11.8. The van der Waals surface area contributed by atoms with E-state index in [4.69, 9.17) is 16.7 Å². The molecule has 0 aliphatic carbocycles. The molecule has 0 aliphatic heterocycles. The molecule has 2 aromatic carbocycles. The van der Waals surface area contributed by atoms with E-state index >= 15 is 0 Å². The van der Waals surface area contributed by atoms with Crippen LogP contribution in [0, 0.1) is 0 Å². The average molecular weight is 354 g/mol. The predicted molar refractivity (Wildman–Crippen MR) is 90.0 cm³/mol. The molecule has 0 unspecified atom stereocenters. The first-order valence-corrected chi connectivity index (χ1v) is 8.69. The van der Waals surface area contributed by atoms with Crippen molar-refractivity contribution < 1.29 is 13.2 Å². The highest BCUT2D eigenvalue weighted by Gasteiger charge is 2.08. The number of hydrogen-bond acceptors (Lipinski definition) is 3. The highest BCUT2D eigenvalue weighted by Crippen LogP contribution is 2.14. The summed E-state index contributed by atoms with van der Waals surface area (Å²) < 4.78 is 22.6. The van der Waals surface area contributed by atoms with E-state index in [2.05, 4.69) is 10.6 Å². The van der Waals surface area contributed by atoms with Crippen LogP contribution in [0.1, 0.15) is 5.56 Å². The number of benzene rings is 2. The van der Waals surface area contributed by atoms with E-state index in [1.807, 2.05) is 0 Å². The van der Waals surface area contributed by atoms with Gasteiger partial charge in [0.1, 0.15) is 0 Å². The van der Waals surface area contributed by atoms with Crippen LogP contribution in [0.25, 0.3) is 0 Å². The third-order valence-corrected chi connectivity index (χ3v) is 4.15. The molecule has 0 saturated heterocycles. The van der Waals surface area contributed by atoms with Crippen LogP contribution in [-0.4, -0.2) is 21.0 Å². The summed E-state index contributed by atoms with van der Waals surface area (Å²) in [5, 5.41) is 11.0. The van der Waals surface area contributed by atoms with Crippen molar-refractivity contribution in [1.82, 2.24) is 5.32 Å². The summed E-state index contributed by atoms with van der Waals surface area (Å²) in [7, 11) is -3.72. The second-order valence-corrected chi connectivity index (χ2v) is 6.83. The van der Waals surface area contributed by atoms with Gasteiger partial charge in [-0.05, 0) is 42.3 Å². The molecule has 0 aromatic heterocycles.